The molecule has 0 spiro atoms. The smallest absolute Gasteiger partial charge is 0.128 e. The Kier molecular flexibility index (Phi) is 4.77. The third-order valence-corrected chi connectivity index (χ3v) is 5.26. The van der Waals surface area contributed by atoms with Crippen molar-refractivity contribution in [3.05, 3.63) is 53.4 Å². The summed E-state index contributed by atoms with van der Waals surface area (Å²) in [6.07, 6.45) is 2.82. The molecule has 2 aliphatic rings. The molecule has 0 aliphatic carbocycles. The van der Waals surface area contributed by atoms with Crippen LogP contribution in [0.2, 0.25) is 5.02 Å². The molecule has 0 saturated carbocycles. The standard InChI is InChI=1S/C19H21ClFN3O/c20-15-1-6-19(22-10-15)24-8-7-23-11-14(9-17(23)12-24)13-25-18-4-2-16(21)3-5-18/h1-6,10,14,17H,7-9,11-13H2/t14?,17-/m0/s1. The third kappa shape index (κ3) is 3.88. The number of anilines is 1. The van der Waals surface area contributed by atoms with Crippen LogP contribution < -0.4 is 9.64 Å². The van der Waals surface area contributed by atoms with Gasteiger partial charge in [0, 0.05) is 44.3 Å². The van der Waals surface area contributed by atoms with E-state index in [1.165, 1.54) is 12.1 Å². The first-order valence-corrected chi connectivity index (χ1v) is 9.04. The Morgan fingerprint density at radius 1 is 1.12 bits per heavy atom. The summed E-state index contributed by atoms with van der Waals surface area (Å²) in [6.45, 7) is 4.76. The first-order chi connectivity index (χ1) is 12.2. The summed E-state index contributed by atoms with van der Waals surface area (Å²) < 4.78 is 18.8. The number of hydrogen-bond donors (Lipinski definition) is 0. The van der Waals surface area contributed by atoms with Gasteiger partial charge < -0.3 is 9.64 Å². The van der Waals surface area contributed by atoms with Crippen LogP contribution in [-0.4, -0.2) is 48.7 Å². The summed E-state index contributed by atoms with van der Waals surface area (Å²) >= 11 is 5.93. The molecule has 4 rings (SSSR count). The summed E-state index contributed by atoms with van der Waals surface area (Å²) in [5.41, 5.74) is 0. The van der Waals surface area contributed by atoms with Crippen molar-refractivity contribution < 1.29 is 9.13 Å². The number of hydrogen-bond acceptors (Lipinski definition) is 4. The fourth-order valence-corrected chi connectivity index (χ4v) is 3.89. The van der Waals surface area contributed by atoms with Crippen LogP contribution in [0.25, 0.3) is 0 Å². The van der Waals surface area contributed by atoms with Crippen LogP contribution in [-0.2, 0) is 0 Å². The molecule has 2 aliphatic heterocycles. The highest BCUT2D eigenvalue weighted by atomic mass is 35.5. The Labute approximate surface area is 152 Å². The van der Waals surface area contributed by atoms with Gasteiger partial charge in [0.25, 0.3) is 0 Å². The first-order valence-electron chi connectivity index (χ1n) is 8.66. The van der Waals surface area contributed by atoms with Crippen LogP contribution in [0.4, 0.5) is 10.2 Å². The van der Waals surface area contributed by atoms with Crippen molar-refractivity contribution in [1.29, 1.82) is 0 Å². The minimum Gasteiger partial charge on any atom is -0.493 e. The molecule has 0 bridgehead atoms. The summed E-state index contributed by atoms with van der Waals surface area (Å²) in [5, 5.41) is 0.668. The third-order valence-electron chi connectivity index (χ3n) is 5.04. The van der Waals surface area contributed by atoms with E-state index in [2.05, 4.69) is 14.8 Å². The maximum Gasteiger partial charge on any atom is 0.128 e. The van der Waals surface area contributed by atoms with Gasteiger partial charge in [-0.25, -0.2) is 9.37 Å². The molecule has 1 unspecified atom stereocenters. The number of benzene rings is 1. The highest BCUT2D eigenvalue weighted by Gasteiger charge is 2.36. The molecule has 0 radical (unpaired) electrons. The van der Waals surface area contributed by atoms with E-state index in [1.807, 2.05) is 12.1 Å². The number of rotatable bonds is 4. The number of ether oxygens (including phenoxy) is 1. The van der Waals surface area contributed by atoms with Gasteiger partial charge in [-0.2, -0.15) is 0 Å². The Bertz CT molecular complexity index is 710. The number of pyridine rings is 1. The van der Waals surface area contributed by atoms with Crippen molar-refractivity contribution in [1.82, 2.24) is 9.88 Å². The molecule has 2 aromatic rings. The largest absolute Gasteiger partial charge is 0.493 e. The van der Waals surface area contributed by atoms with Crippen molar-refractivity contribution in [3.63, 3.8) is 0 Å². The van der Waals surface area contributed by atoms with Gasteiger partial charge in [0.1, 0.15) is 17.4 Å². The molecular formula is C19H21ClFN3O. The van der Waals surface area contributed by atoms with Crippen molar-refractivity contribution in [2.24, 2.45) is 5.92 Å². The van der Waals surface area contributed by atoms with E-state index in [9.17, 15) is 4.39 Å². The second-order valence-corrected chi connectivity index (χ2v) is 7.23. The summed E-state index contributed by atoms with van der Waals surface area (Å²) in [4.78, 5) is 9.32. The molecule has 1 aromatic heterocycles. The second kappa shape index (κ2) is 7.18. The van der Waals surface area contributed by atoms with Gasteiger partial charge in [-0.15, -0.1) is 0 Å². The lowest BCUT2D eigenvalue weighted by atomic mass is 10.1. The Morgan fingerprint density at radius 3 is 2.72 bits per heavy atom. The molecule has 4 nitrogen and oxygen atoms in total. The zero-order valence-corrected chi connectivity index (χ0v) is 14.7. The SMILES string of the molecule is Fc1ccc(OCC2C[C@H]3CN(c4ccc(Cl)cn4)CCN3C2)cc1. The maximum absolute atomic E-state index is 12.9. The highest BCUT2D eigenvalue weighted by Crippen LogP contribution is 2.29. The summed E-state index contributed by atoms with van der Waals surface area (Å²) in [5.74, 6) is 2.00. The van der Waals surface area contributed by atoms with Crippen molar-refractivity contribution >= 4 is 17.4 Å². The number of halogens is 2. The van der Waals surface area contributed by atoms with Crippen LogP contribution in [0.15, 0.2) is 42.6 Å². The van der Waals surface area contributed by atoms with E-state index >= 15 is 0 Å². The van der Waals surface area contributed by atoms with Crippen LogP contribution in [0.3, 0.4) is 0 Å². The Hall–Kier alpha value is -1.85. The van der Waals surface area contributed by atoms with E-state index in [0.29, 0.717) is 23.6 Å². The first kappa shape index (κ1) is 16.6. The number of fused-ring (bicyclic) bond motifs is 1. The monoisotopic (exact) mass is 361 g/mol. The minimum absolute atomic E-state index is 0.235. The lowest BCUT2D eigenvalue weighted by molar-refractivity contribution is 0.216. The predicted octanol–water partition coefficient (Wildman–Crippen LogP) is 3.46. The van der Waals surface area contributed by atoms with Gasteiger partial charge >= 0.3 is 0 Å². The summed E-state index contributed by atoms with van der Waals surface area (Å²) in [7, 11) is 0. The maximum atomic E-state index is 12.9. The van der Waals surface area contributed by atoms with E-state index < -0.39 is 0 Å². The van der Waals surface area contributed by atoms with E-state index in [1.54, 1.807) is 18.3 Å². The van der Waals surface area contributed by atoms with Gasteiger partial charge in [0.15, 0.2) is 0 Å². The summed E-state index contributed by atoms with van der Waals surface area (Å²) in [6, 6.07) is 10.7. The normalized spacial score (nSPS) is 23.5. The average Bonchev–Trinajstić information content (AvgIpc) is 3.04. The zero-order chi connectivity index (χ0) is 17.2. The minimum atomic E-state index is -0.235. The quantitative estimate of drug-likeness (QED) is 0.833. The van der Waals surface area contributed by atoms with Crippen LogP contribution in [0.5, 0.6) is 5.75 Å². The van der Waals surface area contributed by atoms with E-state index in [0.717, 1.165) is 44.2 Å². The topological polar surface area (TPSA) is 28.6 Å². The van der Waals surface area contributed by atoms with Gasteiger partial charge in [0.05, 0.1) is 11.6 Å². The molecule has 2 saturated heterocycles. The lowest BCUT2D eigenvalue weighted by Gasteiger charge is -2.38. The van der Waals surface area contributed by atoms with Crippen molar-refractivity contribution in [2.45, 2.75) is 12.5 Å². The Morgan fingerprint density at radius 2 is 1.96 bits per heavy atom. The fraction of sp³-hybridized carbons (Fsp3) is 0.421. The predicted molar refractivity (Wildman–Crippen MR) is 96.8 cm³/mol. The van der Waals surface area contributed by atoms with Crippen molar-refractivity contribution in [2.75, 3.05) is 37.7 Å². The second-order valence-electron chi connectivity index (χ2n) is 6.80. The van der Waals surface area contributed by atoms with Gasteiger partial charge in [-0.05, 0) is 42.8 Å². The highest BCUT2D eigenvalue weighted by molar-refractivity contribution is 6.30. The molecule has 0 amide bonds. The zero-order valence-electron chi connectivity index (χ0n) is 13.9. The van der Waals surface area contributed by atoms with Crippen LogP contribution in [0, 0.1) is 11.7 Å². The fourth-order valence-electron chi connectivity index (χ4n) is 3.78. The lowest BCUT2D eigenvalue weighted by Crippen LogP contribution is -2.50. The number of nitrogens with zero attached hydrogens (tertiary/aromatic N) is 3. The molecule has 1 aromatic carbocycles. The van der Waals surface area contributed by atoms with Crippen LogP contribution >= 0.6 is 11.6 Å². The average molecular weight is 362 g/mol. The molecule has 0 N–H and O–H groups in total. The molecule has 6 heteroatoms. The number of aromatic nitrogens is 1. The van der Waals surface area contributed by atoms with Gasteiger partial charge in [-0.3, -0.25) is 4.90 Å². The van der Waals surface area contributed by atoms with E-state index in [4.69, 9.17) is 16.3 Å². The molecular weight excluding hydrogens is 341 g/mol. The molecule has 132 valence electrons. The van der Waals surface area contributed by atoms with Gasteiger partial charge in [-0.1, -0.05) is 11.6 Å². The molecule has 3 heterocycles. The molecule has 2 fully saturated rings. The molecule has 25 heavy (non-hydrogen) atoms. The number of piperazine rings is 1. The van der Waals surface area contributed by atoms with Crippen LogP contribution in [0.1, 0.15) is 6.42 Å². The van der Waals surface area contributed by atoms with Gasteiger partial charge in [0.2, 0.25) is 0 Å². The van der Waals surface area contributed by atoms with E-state index in [-0.39, 0.29) is 5.82 Å². The van der Waals surface area contributed by atoms with Crippen molar-refractivity contribution in [3.8, 4) is 5.75 Å². The Balaban J connectivity index is 1.32. The molecule has 2 atom stereocenters.